The number of fused-ring (bicyclic) bond motifs is 2. The van der Waals surface area contributed by atoms with E-state index in [1.807, 2.05) is 71.4 Å². The summed E-state index contributed by atoms with van der Waals surface area (Å²) >= 11 is 0. The largest absolute Gasteiger partial charge is 0.457 e. The molecule has 36 heavy (non-hydrogen) atoms. The third kappa shape index (κ3) is 5.19. The van der Waals surface area contributed by atoms with Crippen molar-refractivity contribution in [3.8, 4) is 11.5 Å². The minimum atomic E-state index is -0.0766. The van der Waals surface area contributed by atoms with Gasteiger partial charge in [0.25, 0.3) is 0 Å². The van der Waals surface area contributed by atoms with Crippen LogP contribution in [0.2, 0.25) is 0 Å². The normalized spacial score (nSPS) is 12.6. The zero-order chi connectivity index (χ0) is 24.9. The first-order valence-electron chi connectivity index (χ1n) is 12.4. The quantitative estimate of drug-likeness (QED) is 0.278. The summed E-state index contributed by atoms with van der Waals surface area (Å²) in [4.78, 5) is 17.6. The van der Waals surface area contributed by atoms with Crippen LogP contribution >= 0.6 is 0 Å². The number of ether oxygens (including phenoxy) is 2. The average molecular weight is 482 g/mol. The van der Waals surface area contributed by atoms with Crippen molar-refractivity contribution >= 4 is 11.6 Å². The van der Waals surface area contributed by atoms with Gasteiger partial charge in [-0.2, -0.15) is 0 Å². The molecule has 3 aromatic carbocycles. The number of amides is 1. The molecule has 2 heterocycles. The monoisotopic (exact) mass is 481 g/mol. The van der Waals surface area contributed by atoms with Crippen LogP contribution in [0.3, 0.4) is 0 Å². The van der Waals surface area contributed by atoms with Crippen molar-refractivity contribution in [1.82, 2.24) is 9.55 Å². The van der Waals surface area contributed by atoms with Gasteiger partial charge >= 0.3 is 0 Å². The van der Waals surface area contributed by atoms with Crippen molar-refractivity contribution in [2.24, 2.45) is 0 Å². The number of hydrogen-bond donors (Lipinski definition) is 1. The fourth-order valence-electron chi connectivity index (χ4n) is 4.75. The first-order chi connectivity index (χ1) is 17.6. The number of rotatable bonds is 9. The van der Waals surface area contributed by atoms with Crippen molar-refractivity contribution in [2.75, 3.05) is 11.9 Å². The highest BCUT2D eigenvalue weighted by Crippen LogP contribution is 2.45. The topological polar surface area (TPSA) is 65.4 Å². The Morgan fingerprint density at radius 2 is 1.75 bits per heavy atom. The van der Waals surface area contributed by atoms with Crippen LogP contribution in [0.4, 0.5) is 5.69 Å². The third-order valence-electron chi connectivity index (χ3n) is 6.58. The number of carbonyl (C=O) groups excluding carboxylic acids is 1. The minimum absolute atomic E-state index is 0.0285. The fraction of sp³-hybridized carbons (Fsp3) is 0.267. The van der Waals surface area contributed by atoms with E-state index in [1.165, 1.54) is 0 Å². The molecule has 184 valence electrons. The Labute approximate surface area is 211 Å². The van der Waals surface area contributed by atoms with Gasteiger partial charge in [-0.3, -0.25) is 4.79 Å². The molecule has 0 unspecified atom stereocenters. The summed E-state index contributed by atoms with van der Waals surface area (Å²) in [6.45, 7) is 5.99. The molecule has 0 saturated heterocycles. The zero-order valence-corrected chi connectivity index (χ0v) is 20.7. The first-order valence-corrected chi connectivity index (χ1v) is 12.4. The van der Waals surface area contributed by atoms with Crippen molar-refractivity contribution in [2.45, 2.75) is 45.3 Å². The van der Waals surface area contributed by atoms with Crippen LogP contribution < -0.4 is 10.1 Å². The Balaban J connectivity index is 1.34. The molecular weight excluding hydrogens is 450 g/mol. The summed E-state index contributed by atoms with van der Waals surface area (Å²) in [5.74, 6) is 1.77. The second kappa shape index (κ2) is 10.8. The van der Waals surface area contributed by atoms with E-state index in [0.717, 1.165) is 46.0 Å². The molecule has 5 rings (SSSR count). The second-order valence-corrected chi connectivity index (χ2v) is 9.37. The summed E-state index contributed by atoms with van der Waals surface area (Å²) in [6, 6.07) is 22.1. The van der Waals surface area contributed by atoms with E-state index >= 15 is 0 Å². The molecule has 0 atom stereocenters. The molecular formula is C30H31N3O3. The van der Waals surface area contributed by atoms with Gasteiger partial charge in [0.1, 0.15) is 11.5 Å². The van der Waals surface area contributed by atoms with Gasteiger partial charge in [0.05, 0.1) is 19.5 Å². The van der Waals surface area contributed by atoms with Gasteiger partial charge in [0.15, 0.2) is 0 Å². The Hall–Kier alpha value is -3.90. The van der Waals surface area contributed by atoms with Crippen LogP contribution in [-0.4, -0.2) is 22.1 Å². The van der Waals surface area contributed by atoms with Gasteiger partial charge in [-0.05, 0) is 23.6 Å². The Kier molecular flexibility index (Phi) is 7.14. The lowest BCUT2D eigenvalue weighted by molar-refractivity contribution is -0.116. The standard InChI is InChI=1S/C30H31N3O3/c1-21(2)23-11-7-8-22(19-35-17-16-33-15-14-31-20-33)30(23)32-29(34)18-26-24-9-3-5-12-27(24)36-28-13-6-4-10-25(26)28/h3-15,20-21,26H,16-19H2,1-2H3,(H,32,34). The maximum atomic E-state index is 13.5. The molecule has 4 aromatic rings. The number of anilines is 1. The summed E-state index contributed by atoms with van der Waals surface area (Å²) in [7, 11) is 0. The molecule has 0 aliphatic carbocycles. The molecule has 1 N–H and O–H groups in total. The molecule has 6 nitrogen and oxygen atoms in total. The predicted molar refractivity (Wildman–Crippen MR) is 140 cm³/mol. The average Bonchev–Trinajstić information content (AvgIpc) is 3.40. The van der Waals surface area contributed by atoms with E-state index in [-0.39, 0.29) is 17.7 Å². The molecule has 1 aromatic heterocycles. The summed E-state index contributed by atoms with van der Waals surface area (Å²) in [6.07, 6.45) is 5.78. The van der Waals surface area contributed by atoms with Crippen LogP contribution in [0.5, 0.6) is 11.5 Å². The van der Waals surface area contributed by atoms with Crippen LogP contribution in [0.15, 0.2) is 85.5 Å². The van der Waals surface area contributed by atoms with E-state index in [0.29, 0.717) is 19.6 Å². The molecule has 1 amide bonds. The van der Waals surface area contributed by atoms with Gasteiger partial charge in [-0.25, -0.2) is 4.98 Å². The van der Waals surface area contributed by atoms with Crippen LogP contribution in [0, 0.1) is 0 Å². The highest BCUT2D eigenvalue weighted by molar-refractivity contribution is 5.93. The van der Waals surface area contributed by atoms with Crippen molar-refractivity contribution in [3.05, 3.63) is 108 Å². The lowest BCUT2D eigenvalue weighted by Crippen LogP contribution is -2.21. The smallest absolute Gasteiger partial charge is 0.225 e. The minimum Gasteiger partial charge on any atom is -0.457 e. The van der Waals surface area contributed by atoms with Gasteiger partial charge < -0.3 is 19.4 Å². The Bertz CT molecular complexity index is 1290. The van der Waals surface area contributed by atoms with Gasteiger partial charge in [0.2, 0.25) is 5.91 Å². The van der Waals surface area contributed by atoms with E-state index in [9.17, 15) is 4.79 Å². The van der Waals surface area contributed by atoms with Crippen molar-refractivity contribution in [3.63, 3.8) is 0 Å². The molecule has 0 radical (unpaired) electrons. The van der Waals surface area contributed by atoms with E-state index in [2.05, 4.69) is 30.2 Å². The van der Waals surface area contributed by atoms with E-state index in [1.54, 1.807) is 12.5 Å². The highest BCUT2D eigenvalue weighted by atomic mass is 16.5. The lowest BCUT2D eigenvalue weighted by atomic mass is 9.85. The van der Waals surface area contributed by atoms with Gasteiger partial charge in [-0.1, -0.05) is 68.4 Å². The number of nitrogens with one attached hydrogen (secondary N) is 1. The second-order valence-electron chi connectivity index (χ2n) is 9.37. The van der Waals surface area contributed by atoms with Gasteiger partial charge in [-0.15, -0.1) is 0 Å². The van der Waals surface area contributed by atoms with Crippen LogP contribution in [-0.2, 0) is 22.7 Å². The first kappa shape index (κ1) is 23.8. The highest BCUT2D eigenvalue weighted by Gasteiger charge is 2.29. The Morgan fingerprint density at radius 3 is 2.42 bits per heavy atom. The SMILES string of the molecule is CC(C)c1cccc(COCCn2ccnc2)c1NC(=O)CC1c2ccccc2Oc2ccccc21. The molecule has 0 bridgehead atoms. The maximum Gasteiger partial charge on any atom is 0.225 e. The molecule has 0 spiro atoms. The number of nitrogens with zero attached hydrogens (tertiary/aromatic N) is 2. The molecule has 0 fully saturated rings. The number of imidazole rings is 1. The predicted octanol–water partition coefficient (Wildman–Crippen LogP) is 6.49. The van der Waals surface area contributed by atoms with E-state index < -0.39 is 0 Å². The number of para-hydroxylation sites is 3. The van der Waals surface area contributed by atoms with Crippen molar-refractivity contribution in [1.29, 1.82) is 0 Å². The molecule has 6 heteroatoms. The number of carbonyl (C=O) groups is 1. The molecule has 1 aliphatic heterocycles. The lowest BCUT2D eigenvalue weighted by Gasteiger charge is -2.28. The van der Waals surface area contributed by atoms with Crippen LogP contribution in [0.25, 0.3) is 0 Å². The number of hydrogen-bond acceptors (Lipinski definition) is 4. The Morgan fingerprint density at radius 1 is 1.03 bits per heavy atom. The van der Waals surface area contributed by atoms with Gasteiger partial charge in [0, 0.05) is 53.7 Å². The fourth-order valence-corrected chi connectivity index (χ4v) is 4.75. The maximum absolute atomic E-state index is 13.5. The summed E-state index contributed by atoms with van der Waals surface area (Å²) in [5.41, 5.74) is 5.01. The van der Waals surface area contributed by atoms with Crippen molar-refractivity contribution < 1.29 is 14.3 Å². The zero-order valence-electron chi connectivity index (χ0n) is 20.7. The number of benzene rings is 3. The number of aromatic nitrogens is 2. The molecule has 1 aliphatic rings. The summed E-state index contributed by atoms with van der Waals surface area (Å²) in [5, 5.41) is 3.25. The third-order valence-corrected chi connectivity index (χ3v) is 6.58. The van der Waals surface area contributed by atoms with Crippen LogP contribution in [0.1, 0.15) is 54.4 Å². The molecule has 0 saturated carbocycles. The van der Waals surface area contributed by atoms with E-state index in [4.69, 9.17) is 9.47 Å². The summed E-state index contributed by atoms with van der Waals surface area (Å²) < 4.78 is 14.1.